The smallest absolute Gasteiger partial charge is 0.191 e. The van der Waals surface area contributed by atoms with E-state index in [0.29, 0.717) is 37.8 Å². The highest BCUT2D eigenvalue weighted by molar-refractivity contribution is 14.0. The first-order valence-electron chi connectivity index (χ1n) is 8.55. The van der Waals surface area contributed by atoms with Crippen molar-refractivity contribution in [2.24, 2.45) is 4.99 Å². The maximum atomic E-state index is 13.6. The molecule has 0 saturated carbocycles. The zero-order valence-corrected chi connectivity index (χ0v) is 18.0. The van der Waals surface area contributed by atoms with Gasteiger partial charge in [0.15, 0.2) is 5.96 Å². The van der Waals surface area contributed by atoms with Gasteiger partial charge in [-0.25, -0.2) is 4.39 Å². The summed E-state index contributed by atoms with van der Waals surface area (Å²) in [4.78, 5) is 4.18. The van der Waals surface area contributed by atoms with Crippen molar-refractivity contribution in [2.45, 2.75) is 19.8 Å². The number of ether oxygens (including phenoxy) is 2. The lowest BCUT2D eigenvalue weighted by Gasteiger charge is -2.13. The van der Waals surface area contributed by atoms with Gasteiger partial charge < -0.3 is 20.1 Å². The molecule has 2 aromatic rings. The molecule has 0 aliphatic heterocycles. The van der Waals surface area contributed by atoms with Crippen molar-refractivity contribution < 1.29 is 13.9 Å². The van der Waals surface area contributed by atoms with Gasteiger partial charge in [0.1, 0.15) is 5.82 Å². The van der Waals surface area contributed by atoms with Crippen molar-refractivity contribution in [3.63, 3.8) is 0 Å². The van der Waals surface area contributed by atoms with E-state index in [9.17, 15) is 4.39 Å². The average molecular weight is 487 g/mol. The van der Waals surface area contributed by atoms with Crippen molar-refractivity contribution in [3.05, 3.63) is 71.0 Å². The van der Waals surface area contributed by atoms with Gasteiger partial charge in [0, 0.05) is 32.8 Å². The zero-order chi connectivity index (χ0) is 18.6. The van der Waals surface area contributed by atoms with Crippen LogP contribution < -0.4 is 10.6 Å². The summed E-state index contributed by atoms with van der Waals surface area (Å²) in [5.74, 6) is 0.416. The van der Waals surface area contributed by atoms with Gasteiger partial charge in [0.05, 0.1) is 19.8 Å². The second-order valence-electron chi connectivity index (χ2n) is 5.75. The number of guanidine groups is 1. The van der Waals surface area contributed by atoms with Crippen molar-refractivity contribution in [1.82, 2.24) is 10.6 Å². The lowest BCUT2D eigenvalue weighted by atomic mass is 10.1. The van der Waals surface area contributed by atoms with E-state index in [1.165, 1.54) is 6.07 Å². The summed E-state index contributed by atoms with van der Waals surface area (Å²) in [6.07, 6.45) is 0. The molecule has 0 radical (unpaired) electrons. The molecule has 0 atom stereocenters. The Hall–Kier alpha value is -1.71. The molecule has 2 rings (SSSR count). The number of nitrogens with one attached hydrogen (secondary N) is 2. The van der Waals surface area contributed by atoms with Crippen LogP contribution in [0.1, 0.15) is 16.7 Å². The number of benzene rings is 2. The topological polar surface area (TPSA) is 54.9 Å². The molecule has 5 nitrogen and oxygen atoms in total. The fourth-order valence-electron chi connectivity index (χ4n) is 2.42. The molecule has 0 aliphatic rings. The van der Waals surface area contributed by atoms with Crippen LogP contribution in [-0.4, -0.2) is 33.3 Å². The third-order valence-electron chi connectivity index (χ3n) is 3.74. The molecule has 0 aromatic heterocycles. The first-order valence-corrected chi connectivity index (χ1v) is 8.55. The maximum absolute atomic E-state index is 13.6. The third kappa shape index (κ3) is 8.68. The van der Waals surface area contributed by atoms with Crippen molar-refractivity contribution in [2.75, 3.05) is 27.3 Å². The van der Waals surface area contributed by atoms with Gasteiger partial charge in [-0.15, -0.1) is 24.0 Å². The van der Waals surface area contributed by atoms with E-state index in [0.717, 1.165) is 11.1 Å². The summed E-state index contributed by atoms with van der Waals surface area (Å²) in [7, 11) is 3.26. The third-order valence-corrected chi connectivity index (χ3v) is 3.74. The van der Waals surface area contributed by atoms with E-state index in [4.69, 9.17) is 9.47 Å². The van der Waals surface area contributed by atoms with Crippen LogP contribution in [0.2, 0.25) is 0 Å². The monoisotopic (exact) mass is 487 g/mol. The second kappa shape index (κ2) is 13.5. The number of rotatable bonds is 9. The quantitative estimate of drug-likeness (QED) is 0.246. The fraction of sp³-hybridized carbons (Fsp3) is 0.350. The molecule has 0 heterocycles. The van der Waals surface area contributed by atoms with Crippen molar-refractivity contribution in [1.29, 1.82) is 0 Å². The predicted octanol–water partition coefficient (Wildman–Crippen LogP) is 3.47. The van der Waals surface area contributed by atoms with Crippen LogP contribution in [0.4, 0.5) is 4.39 Å². The molecule has 7 heteroatoms. The van der Waals surface area contributed by atoms with Gasteiger partial charge in [-0.3, -0.25) is 4.99 Å². The van der Waals surface area contributed by atoms with Crippen LogP contribution in [0.15, 0.2) is 53.5 Å². The van der Waals surface area contributed by atoms with Gasteiger partial charge in [0.25, 0.3) is 0 Å². The van der Waals surface area contributed by atoms with Gasteiger partial charge in [0.2, 0.25) is 0 Å². The maximum Gasteiger partial charge on any atom is 0.191 e. The largest absolute Gasteiger partial charge is 0.380 e. The van der Waals surface area contributed by atoms with E-state index in [1.807, 2.05) is 30.3 Å². The van der Waals surface area contributed by atoms with Gasteiger partial charge >= 0.3 is 0 Å². The van der Waals surface area contributed by atoms with E-state index in [2.05, 4.69) is 15.6 Å². The molecular weight excluding hydrogens is 460 g/mol. The minimum absolute atomic E-state index is 0. The number of nitrogens with zero attached hydrogens (tertiary/aromatic N) is 1. The molecule has 0 aliphatic carbocycles. The summed E-state index contributed by atoms with van der Waals surface area (Å²) in [6.45, 7) is 2.61. The average Bonchev–Trinajstić information content (AvgIpc) is 2.67. The first kappa shape index (κ1) is 23.3. The summed E-state index contributed by atoms with van der Waals surface area (Å²) < 4.78 is 24.3. The molecule has 0 saturated heterocycles. The number of hydrogen-bond acceptors (Lipinski definition) is 3. The minimum Gasteiger partial charge on any atom is -0.380 e. The molecular formula is C20H27FIN3O2. The van der Waals surface area contributed by atoms with Crippen LogP contribution in [0.25, 0.3) is 0 Å². The summed E-state index contributed by atoms with van der Waals surface area (Å²) in [6, 6.07) is 15.0. The number of aliphatic imine (C=N–C) groups is 1. The SMILES string of the molecule is CN=C(NCCOCc1ccccc1)NCc1ccc(F)c(COC)c1.I. The molecule has 0 amide bonds. The van der Waals surface area contributed by atoms with E-state index >= 15 is 0 Å². The van der Waals surface area contributed by atoms with Crippen molar-refractivity contribution in [3.8, 4) is 0 Å². The Kier molecular flexibility index (Phi) is 11.6. The lowest BCUT2D eigenvalue weighted by Crippen LogP contribution is -2.38. The van der Waals surface area contributed by atoms with Gasteiger partial charge in [-0.05, 0) is 23.3 Å². The Labute approximate surface area is 177 Å². The second-order valence-corrected chi connectivity index (χ2v) is 5.75. The minimum atomic E-state index is -0.256. The van der Waals surface area contributed by atoms with Crippen LogP contribution in [0, 0.1) is 5.82 Å². The highest BCUT2D eigenvalue weighted by atomic mass is 127. The van der Waals surface area contributed by atoms with Crippen LogP contribution in [-0.2, 0) is 29.2 Å². The normalized spacial score (nSPS) is 11.0. The number of halogens is 2. The number of hydrogen-bond donors (Lipinski definition) is 2. The Morgan fingerprint density at radius 1 is 1.04 bits per heavy atom. The summed E-state index contributed by atoms with van der Waals surface area (Å²) in [5.41, 5.74) is 2.66. The Morgan fingerprint density at radius 3 is 2.52 bits per heavy atom. The standard InChI is InChI=1S/C20H26FN3O2.HI/c1-22-20(23-10-11-26-14-16-6-4-3-5-7-16)24-13-17-8-9-19(21)18(12-17)15-25-2;/h3-9,12H,10-11,13-15H2,1-2H3,(H2,22,23,24);1H. The fourth-order valence-corrected chi connectivity index (χ4v) is 2.42. The molecule has 0 spiro atoms. The molecule has 0 fully saturated rings. The predicted molar refractivity (Wildman–Crippen MR) is 117 cm³/mol. The zero-order valence-electron chi connectivity index (χ0n) is 15.7. The highest BCUT2D eigenvalue weighted by Crippen LogP contribution is 2.11. The summed E-state index contributed by atoms with van der Waals surface area (Å²) in [5, 5.41) is 6.40. The van der Waals surface area contributed by atoms with Gasteiger partial charge in [-0.1, -0.05) is 36.4 Å². The summed E-state index contributed by atoms with van der Waals surface area (Å²) >= 11 is 0. The Morgan fingerprint density at radius 2 is 1.81 bits per heavy atom. The Bertz CT molecular complexity index is 699. The molecule has 0 unspecified atom stereocenters. The molecule has 148 valence electrons. The van der Waals surface area contributed by atoms with E-state index in [-0.39, 0.29) is 36.4 Å². The van der Waals surface area contributed by atoms with Crippen LogP contribution >= 0.6 is 24.0 Å². The molecule has 0 bridgehead atoms. The lowest BCUT2D eigenvalue weighted by molar-refractivity contribution is 0.125. The highest BCUT2D eigenvalue weighted by Gasteiger charge is 2.04. The Balaban J connectivity index is 0.00000364. The van der Waals surface area contributed by atoms with E-state index < -0.39 is 0 Å². The van der Waals surface area contributed by atoms with Crippen molar-refractivity contribution >= 4 is 29.9 Å². The molecule has 27 heavy (non-hydrogen) atoms. The first-order chi connectivity index (χ1) is 12.7. The number of methoxy groups -OCH3 is 1. The van der Waals surface area contributed by atoms with Gasteiger partial charge in [-0.2, -0.15) is 0 Å². The van der Waals surface area contributed by atoms with Crippen LogP contribution in [0.5, 0.6) is 0 Å². The molecule has 2 aromatic carbocycles. The van der Waals surface area contributed by atoms with Crippen LogP contribution in [0.3, 0.4) is 0 Å². The molecule has 2 N–H and O–H groups in total. The van der Waals surface area contributed by atoms with E-state index in [1.54, 1.807) is 26.3 Å².